The van der Waals surface area contributed by atoms with Gasteiger partial charge in [-0.25, -0.2) is 0 Å². The molecule has 4 rings (SSSR count). The number of carbonyl (C=O) groups is 2. The lowest BCUT2D eigenvalue weighted by atomic mass is 10.0. The van der Waals surface area contributed by atoms with Crippen molar-refractivity contribution in [3.8, 4) is 11.1 Å². The molecule has 3 aromatic carbocycles. The second-order valence-corrected chi connectivity index (χ2v) is 9.85. The SMILES string of the molecule is CC(C)(N)CC(=O)NC1CCc2ccccc2N(Cc2ccc(-c3ccccc3[N+](=O)[O-])cc2)C1=O. The zero-order valence-corrected chi connectivity index (χ0v) is 20.4. The number of carbonyl (C=O) groups excluding carboxylic acids is 2. The van der Waals surface area contributed by atoms with Gasteiger partial charge < -0.3 is 16.0 Å². The van der Waals surface area contributed by atoms with Gasteiger partial charge in [0.05, 0.1) is 17.0 Å². The van der Waals surface area contributed by atoms with Crippen LogP contribution in [0.15, 0.2) is 72.8 Å². The highest BCUT2D eigenvalue weighted by atomic mass is 16.6. The van der Waals surface area contributed by atoms with Gasteiger partial charge in [0.2, 0.25) is 11.8 Å². The topological polar surface area (TPSA) is 119 Å². The molecule has 3 N–H and O–H groups in total. The summed E-state index contributed by atoms with van der Waals surface area (Å²) < 4.78 is 0. The van der Waals surface area contributed by atoms with Gasteiger partial charge in [0.15, 0.2) is 0 Å². The number of aryl methyl sites for hydroxylation is 1. The Morgan fingerprint density at radius 2 is 1.75 bits per heavy atom. The lowest BCUT2D eigenvalue weighted by Gasteiger charge is -2.27. The van der Waals surface area contributed by atoms with Crippen LogP contribution in [0.4, 0.5) is 11.4 Å². The molecule has 0 aliphatic carbocycles. The molecule has 36 heavy (non-hydrogen) atoms. The Morgan fingerprint density at radius 3 is 2.44 bits per heavy atom. The Bertz CT molecular complexity index is 1280. The normalized spacial score (nSPS) is 15.7. The average Bonchev–Trinajstić information content (AvgIpc) is 2.96. The summed E-state index contributed by atoms with van der Waals surface area (Å²) in [5.41, 5.74) is 9.36. The maximum absolute atomic E-state index is 13.6. The van der Waals surface area contributed by atoms with Crippen molar-refractivity contribution in [3.63, 3.8) is 0 Å². The lowest BCUT2D eigenvalue weighted by Crippen LogP contribution is -2.49. The van der Waals surface area contributed by atoms with Gasteiger partial charge in [-0.1, -0.05) is 54.6 Å². The summed E-state index contributed by atoms with van der Waals surface area (Å²) in [4.78, 5) is 38.9. The van der Waals surface area contributed by atoms with Crippen LogP contribution in [0, 0.1) is 10.1 Å². The van der Waals surface area contributed by atoms with Gasteiger partial charge in [-0.05, 0) is 55.5 Å². The van der Waals surface area contributed by atoms with Crippen LogP contribution >= 0.6 is 0 Å². The number of anilines is 1. The second-order valence-electron chi connectivity index (χ2n) is 9.85. The summed E-state index contributed by atoms with van der Waals surface area (Å²) in [5, 5.41) is 14.3. The maximum Gasteiger partial charge on any atom is 0.277 e. The Hall–Kier alpha value is -4.04. The molecule has 8 nitrogen and oxygen atoms in total. The van der Waals surface area contributed by atoms with Crippen molar-refractivity contribution in [1.82, 2.24) is 5.32 Å². The number of nitro groups is 1. The van der Waals surface area contributed by atoms with Crippen LogP contribution in [0.2, 0.25) is 0 Å². The standard InChI is InChI=1S/C28H30N4O4/c1-28(2,29)17-26(33)30-23-16-15-21-7-3-5-9-24(21)31(27(23)34)18-19-11-13-20(14-12-19)22-8-4-6-10-25(22)32(35)36/h3-14,23H,15-18,29H2,1-2H3,(H,30,33). The molecule has 8 heteroatoms. The smallest absolute Gasteiger partial charge is 0.277 e. The summed E-state index contributed by atoms with van der Waals surface area (Å²) >= 11 is 0. The van der Waals surface area contributed by atoms with Crippen LogP contribution < -0.4 is 16.0 Å². The summed E-state index contributed by atoms with van der Waals surface area (Å²) in [6, 6.07) is 21.1. The number of nitrogens with zero attached hydrogens (tertiary/aromatic N) is 2. The van der Waals surface area contributed by atoms with E-state index in [4.69, 9.17) is 5.73 Å². The van der Waals surface area contributed by atoms with Crippen molar-refractivity contribution >= 4 is 23.2 Å². The van der Waals surface area contributed by atoms with Gasteiger partial charge in [0.25, 0.3) is 5.69 Å². The van der Waals surface area contributed by atoms with E-state index >= 15 is 0 Å². The number of nitro benzene ring substituents is 1. The molecule has 3 aromatic rings. The molecule has 1 heterocycles. The molecular weight excluding hydrogens is 456 g/mol. The Balaban J connectivity index is 1.59. The van der Waals surface area contributed by atoms with Crippen molar-refractivity contribution < 1.29 is 14.5 Å². The number of benzene rings is 3. The lowest BCUT2D eigenvalue weighted by molar-refractivity contribution is -0.384. The molecule has 0 spiro atoms. The third kappa shape index (κ3) is 5.78. The molecule has 0 saturated carbocycles. The zero-order chi connectivity index (χ0) is 25.9. The first kappa shape index (κ1) is 25.1. The van der Waals surface area contributed by atoms with E-state index in [1.165, 1.54) is 6.07 Å². The highest BCUT2D eigenvalue weighted by Gasteiger charge is 2.32. The Labute approximate surface area is 210 Å². The maximum atomic E-state index is 13.6. The fourth-order valence-corrected chi connectivity index (χ4v) is 4.52. The number of nitrogens with two attached hydrogens (primary N) is 1. The van der Waals surface area contributed by atoms with E-state index < -0.39 is 16.5 Å². The first-order valence-electron chi connectivity index (χ1n) is 11.9. The summed E-state index contributed by atoms with van der Waals surface area (Å²) in [5.74, 6) is -0.425. The average molecular weight is 487 g/mol. The molecule has 186 valence electrons. The highest BCUT2D eigenvalue weighted by Crippen LogP contribution is 2.31. The van der Waals surface area contributed by atoms with Gasteiger partial charge >= 0.3 is 0 Å². The number of amides is 2. The molecule has 1 aliphatic heterocycles. The van der Waals surface area contributed by atoms with Crippen LogP contribution in [-0.4, -0.2) is 28.3 Å². The Kier molecular flexibility index (Phi) is 7.17. The fourth-order valence-electron chi connectivity index (χ4n) is 4.52. The van der Waals surface area contributed by atoms with E-state index in [0.717, 1.165) is 22.4 Å². The van der Waals surface area contributed by atoms with Crippen molar-refractivity contribution in [2.24, 2.45) is 5.73 Å². The number of para-hydroxylation sites is 2. The minimum Gasteiger partial charge on any atom is -0.344 e. The van der Waals surface area contributed by atoms with E-state index in [0.29, 0.717) is 24.9 Å². The largest absolute Gasteiger partial charge is 0.344 e. The van der Waals surface area contributed by atoms with Crippen LogP contribution in [0.1, 0.15) is 37.8 Å². The predicted molar refractivity (Wildman–Crippen MR) is 139 cm³/mol. The molecular formula is C28H30N4O4. The molecule has 0 fully saturated rings. The molecule has 0 aromatic heterocycles. The van der Waals surface area contributed by atoms with Crippen LogP contribution in [0.25, 0.3) is 11.1 Å². The quantitative estimate of drug-likeness (QED) is 0.380. The summed E-state index contributed by atoms with van der Waals surface area (Å²) in [7, 11) is 0. The van der Waals surface area contributed by atoms with Crippen LogP contribution in [-0.2, 0) is 22.6 Å². The highest BCUT2D eigenvalue weighted by molar-refractivity contribution is 6.00. The molecule has 1 aliphatic rings. The first-order valence-corrected chi connectivity index (χ1v) is 11.9. The number of rotatable bonds is 7. The Morgan fingerprint density at radius 1 is 1.08 bits per heavy atom. The number of hydrogen-bond acceptors (Lipinski definition) is 5. The summed E-state index contributed by atoms with van der Waals surface area (Å²) in [6.07, 6.45) is 1.28. The van der Waals surface area contributed by atoms with Gasteiger partial charge in [-0.2, -0.15) is 0 Å². The minimum absolute atomic E-state index is 0.0427. The molecule has 0 bridgehead atoms. The predicted octanol–water partition coefficient (Wildman–Crippen LogP) is 4.35. The van der Waals surface area contributed by atoms with Crippen molar-refractivity contribution in [1.29, 1.82) is 0 Å². The van der Waals surface area contributed by atoms with Crippen LogP contribution in [0.5, 0.6) is 0 Å². The first-order chi connectivity index (χ1) is 17.1. The molecule has 1 atom stereocenters. The van der Waals surface area contributed by atoms with Gasteiger partial charge in [0.1, 0.15) is 6.04 Å². The van der Waals surface area contributed by atoms with Crippen LogP contribution in [0.3, 0.4) is 0 Å². The molecule has 0 radical (unpaired) electrons. The van der Waals surface area contributed by atoms with E-state index in [9.17, 15) is 19.7 Å². The number of hydrogen-bond donors (Lipinski definition) is 2. The number of fused-ring (bicyclic) bond motifs is 1. The van der Waals surface area contributed by atoms with Crippen molar-refractivity contribution in [2.75, 3.05) is 4.90 Å². The van der Waals surface area contributed by atoms with Gasteiger partial charge in [-0.3, -0.25) is 19.7 Å². The molecule has 1 unspecified atom stereocenters. The fraction of sp³-hybridized carbons (Fsp3) is 0.286. The van der Waals surface area contributed by atoms with Gasteiger partial charge in [-0.15, -0.1) is 0 Å². The third-order valence-corrected chi connectivity index (χ3v) is 6.21. The van der Waals surface area contributed by atoms with E-state index in [1.807, 2.05) is 48.5 Å². The van der Waals surface area contributed by atoms with E-state index in [2.05, 4.69) is 5.32 Å². The molecule has 2 amide bonds. The third-order valence-electron chi connectivity index (χ3n) is 6.21. The number of nitrogens with one attached hydrogen (secondary N) is 1. The summed E-state index contributed by atoms with van der Waals surface area (Å²) in [6.45, 7) is 3.86. The second kappa shape index (κ2) is 10.3. The van der Waals surface area contributed by atoms with Crippen molar-refractivity contribution in [3.05, 3.63) is 94.0 Å². The molecule has 0 saturated heterocycles. The van der Waals surface area contributed by atoms with Gasteiger partial charge in [0, 0.05) is 23.7 Å². The van der Waals surface area contributed by atoms with E-state index in [-0.39, 0.29) is 23.9 Å². The zero-order valence-electron chi connectivity index (χ0n) is 20.4. The van der Waals surface area contributed by atoms with Crippen molar-refractivity contribution in [2.45, 2.75) is 51.2 Å². The minimum atomic E-state index is -0.671. The van der Waals surface area contributed by atoms with E-state index in [1.54, 1.807) is 36.9 Å². The monoisotopic (exact) mass is 486 g/mol.